The quantitative estimate of drug-likeness (QED) is 0.137. The molecule has 0 spiro atoms. The van der Waals surface area contributed by atoms with Crippen LogP contribution in [0.15, 0.2) is 71.7 Å². The van der Waals surface area contributed by atoms with Crippen LogP contribution in [0, 0.1) is 0 Å². The van der Waals surface area contributed by atoms with Crippen molar-refractivity contribution in [3.63, 3.8) is 0 Å². The van der Waals surface area contributed by atoms with E-state index in [1.165, 1.54) is 12.1 Å². The number of aromatic hydroxyl groups is 1. The highest BCUT2D eigenvalue weighted by Gasteiger charge is 2.41. The molecule has 10 heteroatoms. The topological polar surface area (TPSA) is 165 Å². The lowest BCUT2D eigenvalue weighted by Crippen LogP contribution is -2.37. The van der Waals surface area contributed by atoms with E-state index in [0.717, 1.165) is 36.1 Å². The number of phenols is 1. The number of phenolic OH excluding ortho intramolecular Hbond substituents is 1. The van der Waals surface area contributed by atoms with Crippen molar-refractivity contribution in [3.8, 4) is 5.75 Å². The number of aliphatic hydroxyl groups excluding tert-OH is 1. The zero-order valence-corrected chi connectivity index (χ0v) is 24.5. The molecule has 10 nitrogen and oxygen atoms in total. The molecule has 2 heterocycles. The highest BCUT2D eigenvalue weighted by Crippen LogP contribution is 2.40. The van der Waals surface area contributed by atoms with Crippen molar-refractivity contribution in [2.45, 2.75) is 69.4 Å². The molecule has 1 amide bonds. The number of nitrogens with one attached hydrogen (secondary N) is 3. The van der Waals surface area contributed by atoms with Crippen LogP contribution < -0.4 is 16.2 Å². The zero-order valence-electron chi connectivity index (χ0n) is 24.5. The van der Waals surface area contributed by atoms with Crippen LogP contribution in [0.3, 0.4) is 0 Å². The van der Waals surface area contributed by atoms with Crippen LogP contribution in [0.2, 0.25) is 0 Å². The van der Waals surface area contributed by atoms with Gasteiger partial charge in [0.15, 0.2) is 0 Å². The number of anilines is 1. The van der Waals surface area contributed by atoms with Crippen molar-refractivity contribution in [2.75, 3.05) is 11.9 Å². The van der Waals surface area contributed by atoms with Crippen molar-refractivity contribution in [1.29, 1.82) is 0 Å². The minimum atomic E-state index is -0.879. The van der Waals surface area contributed by atoms with Crippen LogP contribution in [0.1, 0.15) is 73.4 Å². The number of amides is 1. The second-order valence-corrected chi connectivity index (χ2v) is 11.5. The Morgan fingerprint density at radius 3 is 2.59 bits per heavy atom. The number of aliphatic hydroxyl groups is 1. The SMILES string of the molecule is O=C(CCCc1cccc(C2(C(=O)O)CCCCC2)c1)Nc1ccc(CNCC(O)c2ccc(O)c3[nH]c(=O)ccc23)nc1. The average Bonchev–Trinajstić information content (AvgIpc) is 3.02. The van der Waals surface area contributed by atoms with E-state index in [1.807, 2.05) is 24.3 Å². The first-order chi connectivity index (χ1) is 21.2. The lowest BCUT2D eigenvalue weighted by atomic mass is 9.69. The van der Waals surface area contributed by atoms with Crippen molar-refractivity contribution < 1.29 is 24.9 Å². The number of carboxylic acids is 1. The number of pyridine rings is 2. The van der Waals surface area contributed by atoms with E-state index in [-0.39, 0.29) is 29.3 Å². The van der Waals surface area contributed by atoms with E-state index < -0.39 is 17.5 Å². The van der Waals surface area contributed by atoms with Crippen LogP contribution in [-0.4, -0.2) is 43.7 Å². The van der Waals surface area contributed by atoms with Gasteiger partial charge in [-0.05, 0) is 66.6 Å². The van der Waals surface area contributed by atoms with Crippen LogP contribution in [0.4, 0.5) is 5.69 Å². The summed E-state index contributed by atoms with van der Waals surface area (Å²) in [7, 11) is 0. The molecular formula is C34H38N4O6. The summed E-state index contributed by atoms with van der Waals surface area (Å²) >= 11 is 0. The molecule has 6 N–H and O–H groups in total. The van der Waals surface area contributed by atoms with E-state index in [0.29, 0.717) is 55.3 Å². The molecule has 230 valence electrons. The fourth-order valence-corrected chi connectivity index (χ4v) is 6.08. The molecule has 0 aliphatic heterocycles. The Kier molecular flexibility index (Phi) is 9.72. The molecule has 0 saturated heterocycles. The molecule has 0 bridgehead atoms. The summed E-state index contributed by atoms with van der Waals surface area (Å²) in [4.78, 5) is 43.4. The Bertz CT molecular complexity index is 1680. The molecule has 44 heavy (non-hydrogen) atoms. The number of carbonyl (C=O) groups excluding carboxylic acids is 1. The number of hydrogen-bond donors (Lipinski definition) is 6. The molecule has 2 aromatic heterocycles. The molecule has 1 aliphatic carbocycles. The number of benzene rings is 2. The molecule has 1 fully saturated rings. The average molecular weight is 599 g/mol. The highest BCUT2D eigenvalue weighted by molar-refractivity contribution is 5.90. The first-order valence-corrected chi connectivity index (χ1v) is 15.1. The molecule has 1 atom stereocenters. The number of H-pyrrole nitrogens is 1. The maximum Gasteiger partial charge on any atom is 0.314 e. The van der Waals surface area contributed by atoms with Gasteiger partial charge in [0.2, 0.25) is 11.5 Å². The van der Waals surface area contributed by atoms with Gasteiger partial charge < -0.3 is 30.9 Å². The summed E-state index contributed by atoms with van der Waals surface area (Å²) in [6, 6.07) is 17.4. The monoisotopic (exact) mass is 598 g/mol. The van der Waals surface area contributed by atoms with E-state index in [1.54, 1.807) is 30.5 Å². The third kappa shape index (κ3) is 7.15. The van der Waals surface area contributed by atoms with Crippen molar-refractivity contribution in [1.82, 2.24) is 15.3 Å². The van der Waals surface area contributed by atoms with Crippen LogP contribution >= 0.6 is 0 Å². The summed E-state index contributed by atoms with van der Waals surface area (Å²) in [5, 5.41) is 37.4. The molecule has 1 saturated carbocycles. The molecule has 2 aromatic carbocycles. The van der Waals surface area contributed by atoms with Gasteiger partial charge >= 0.3 is 5.97 Å². The van der Waals surface area contributed by atoms with E-state index in [4.69, 9.17) is 0 Å². The van der Waals surface area contributed by atoms with Gasteiger partial charge in [-0.3, -0.25) is 19.4 Å². The largest absolute Gasteiger partial charge is 0.506 e. The number of carbonyl (C=O) groups is 2. The van der Waals surface area contributed by atoms with Crippen LogP contribution in [0.25, 0.3) is 10.9 Å². The number of aromatic nitrogens is 2. The lowest BCUT2D eigenvalue weighted by molar-refractivity contribution is -0.145. The second-order valence-electron chi connectivity index (χ2n) is 11.5. The molecular weight excluding hydrogens is 560 g/mol. The summed E-state index contributed by atoms with van der Waals surface area (Å²) < 4.78 is 0. The predicted octanol–water partition coefficient (Wildman–Crippen LogP) is 4.70. The number of aryl methyl sites for hydroxylation is 1. The number of aliphatic carboxylic acids is 1. The minimum absolute atomic E-state index is 0.0619. The number of aromatic amines is 1. The molecule has 1 unspecified atom stereocenters. The van der Waals surface area contributed by atoms with Gasteiger partial charge in [-0.2, -0.15) is 0 Å². The van der Waals surface area contributed by atoms with Gasteiger partial charge in [-0.25, -0.2) is 0 Å². The van der Waals surface area contributed by atoms with E-state index in [9.17, 15) is 29.7 Å². The summed E-state index contributed by atoms with van der Waals surface area (Å²) in [6.45, 7) is 0.611. The Balaban J connectivity index is 1.07. The zero-order chi connectivity index (χ0) is 31.1. The Morgan fingerprint density at radius 2 is 1.84 bits per heavy atom. The normalized spacial score (nSPS) is 15.1. The van der Waals surface area contributed by atoms with Crippen molar-refractivity contribution in [2.24, 2.45) is 0 Å². The molecule has 4 aromatic rings. The third-order valence-electron chi connectivity index (χ3n) is 8.48. The predicted molar refractivity (Wildman–Crippen MR) is 168 cm³/mol. The molecule has 5 rings (SSSR count). The van der Waals surface area contributed by atoms with Gasteiger partial charge in [0.1, 0.15) is 5.75 Å². The lowest BCUT2D eigenvalue weighted by Gasteiger charge is -2.34. The summed E-state index contributed by atoms with van der Waals surface area (Å²) in [6.07, 6.45) is 6.63. The van der Waals surface area contributed by atoms with E-state index in [2.05, 4.69) is 20.6 Å². The van der Waals surface area contributed by atoms with Gasteiger partial charge in [0, 0.05) is 31.0 Å². The van der Waals surface area contributed by atoms with Gasteiger partial charge in [0.25, 0.3) is 0 Å². The fourth-order valence-electron chi connectivity index (χ4n) is 6.08. The number of carboxylic acid groups (broad SMARTS) is 1. The van der Waals surface area contributed by atoms with Crippen LogP contribution in [-0.2, 0) is 28.0 Å². The maximum absolute atomic E-state index is 12.6. The van der Waals surface area contributed by atoms with Gasteiger partial charge in [0.05, 0.1) is 34.6 Å². The molecule has 1 aliphatic rings. The number of hydrogen-bond acceptors (Lipinski definition) is 7. The van der Waals surface area contributed by atoms with Crippen molar-refractivity contribution >= 4 is 28.5 Å². The Labute approximate surface area is 255 Å². The first kappa shape index (κ1) is 30.9. The fraction of sp³-hybridized carbons (Fsp3) is 0.353. The van der Waals surface area contributed by atoms with Crippen LogP contribution in [0.5, 0.6) is 5.75 Å². The van der Waals surface area contributed by atoms with Crippen molar-refractivity contribution in [3.05, 3.63) is 99.6 Å². The maximum atomic E-state index is 12.6. The number of fused-ring (bicyclic) bond motifs is 1. The Hall–Kier alpha value is -4.54. The molecule has 0 radical (unpaired) electrons. The van der Waals surface area contributed by atoms with Gasteiger partial charge in [-0.1, -0.05) is 49.6 Å². The van der Waals surface area contributed by atoms with Gasteiger partial charge in [-0.15, -0.1) is 0 Å². The smallest absolute Gasteiger partial charge is 0.314 e. The minimum Gasteiger partial charge on any atom is -0.506 e. The number of rotatable bonds is 12. The highest BCUT2D eigenvalue weighted by atomic mass is 16.4. The van der Waals surface area contributed by atoms with E-state index >= 15 is 0 Å². The second kappa shape index (κ2) is 13.8. The first-order valence-electron chi connectivity index (χ1n) is 15.1. The standard InChI is InChI=1S/C34H38N4O6/c39-28-14-12-26(27-13-15-31(42)38-32(27)28)29(40)21-35-19-24-10-11-25(20-36-24)37-30(41)9-5-7-22-6-4-8-23(18-22)34(33(43)44)16-2-1-3-17-34/h4,6,8,10-15,18,20,29,35,39-40H,1-3,5,7,9,16-17,19,21H2,(H,37,41)(H,38,42)(H,43,44). The number of nitrogens with zero attached hydrogens (tertiary/aromatic N) is 1. The Morgan fingerprint density at radius 1 is 1.02 bits per heavy atom. The summed E-state index contributed by atoms with van der Waals surface area (Å²) in [5.74, 6) is -0.925. The third-order valence-corrected chi connectivity index (χ3v) is 8.48. The summed E-state index contributed by atoms with van der Waals surface area (Å²) in [5.41, 5.74) is 2.95.